The maximum atomic E-state index is 11.6. The van der Waals surface area contributed by atoms with Crippen LogP contribution in [0.2, 0.25) is 0 Å². The van der Waals surface area contributed by atoms with Crippen LogP contribution in [-0.2, 0) is 13.1 Å². The SMILES string of the molecule is CC1c2c([nH][nH]c2=O)CN1Cc1ccccc1. The fourth-order valence-corrected chi connectivity index (χ4v) is 2.50. The van der Waals surface area contributed by atoms with E-state index in [1.807, 2.05) is 18.2 Å². The fourth-order valence-electron chi connectivity index (χ4n) is 2.50. The number of hydrogen-bond donors (Lipinski definition) is 2. The van der Waals surface area contributed by atoms with Crippen LogP contribution in [0.25, 0.3) is 0 Å². The maximum absolute atomic E-state index is 11.6. The van der Waals surface area contributed by atoms with E-state index in [0.29, 0.717) is 0 Å². The summed E-state index contributed by atoms with van der Waals surface area (Å²) < 4.78 is 0. The number of rotatable bonds is 2. The Morgan fingerprint density at radius 2 is 2.06 bits per heavy atom. The second kappa shape index (κ2) is 3.89. The van der Waals surface area contributed by atoms with E-state index >= 15 is 0 Å². The minimum absolute atomic E-state index is 0.0167. The molecular weight excluding hydrogens is 214 g/mol. The highest BCUT2D eigenvalue weighted by atomic mass is 16.1. The van der Waals surface area contributed by atoms with Gasteiger partial charge in [-0.3, -0.25) is 14.8 Å². The molecule has 1 atom stereocenters. The van der Waals surface area contributed by atoms with Gasteiger partial charge in [0.2, 0.25) is 0 Å². The Morgan fingerprint density at radius 1 is 1.29 bits per heavy atom. The summed E-state index contributed by atoms with van der Waals surface area (Å²) >= 11 is 0. The van der Waals surface area contributed by atoms with Crippen molar-refractivity contribution in [3.05, 3.63) is 57.5 Å². The average molecular weight is 229 g/mol. The molecule has 88 valence electrons. The van der Waals surface area contributed by atoms with E-state index in [2.05, 4.69) is 34.2 Å². The third kappa shape index (κ3) is 1.70. The first kappa shape index (κ1) is 10.4. The second-order valence-corrected chi connectivity index (χ2v) is 4.54. The van der Waals surface area contributed by atoms with Crippen molar-refractivity contribution in [2.45, 2.75) is 26.1 Å². The van der Waals surface area contributed by atoms with Crippen LogP contribution >= 0.6 is 0 Å². The molecule has 3 rings (SSSR count). The third-order valence-corrected chi connectivity index (χ3v) is 3.45. The molecule has 1 aliphatic rings. The molecule has 17 heavy (non-hydrogen) atoms. The van der Waals surface area contributed by atoms with Gasteiger partial charge in [0, 0.05) is 19.1 Å². The molecule has 4 nitrogen and oxygen atoms in total. The zero-order valence-corrected chi connectivity index (χ0v) is 9.73. The van der Waals surface area contributed by atoms with Crippen LogP contribution in [0.5, 0.6) is 0 Å². The predicted octanol–water partition coefficient (Wildman–Crippen LogP) is 1.78. The fraction of sp³-hybridized carbons (Fsp3) is 0.308. The summed E-state index contributed by atoms with van der Waals surface area (Å²) in [5, 5.41) is 5.60. The first-order valence-corrected chi connectivity index (χ1v) is 5.83. The lowest BCUT2D eigenvalue weighted by molar-refractivity contribution is 0.217. The van der Waals surface area contributed by atoms with Gasteiger partial charge in [-0.25, -0.2) is 0 Å². The van der Waals surface area contributed by atoms with Crippen molar-refractivity contribution in [3.8, 4) is 0 Å². The third-order valence-electron chi connectivity index (χ3n) is 3.45. The van der Waals surface area contributed by atoms with E-state index in [0.717, 1.165) is 24.3 Å². The van der Waals surface area contributed by atoms with E-state index in [1.54, 1.807) is 0 Å². The Labute approximate surface area is 99.3 Å². The van der Waals surface area contributed by atoms with Crippen LogP contribution in [0.1, 0.15) is 29.8 Å². The number of hydrogen-bond acceptors (Lipinski definition) is 2. The molecule has 2 N–H and O–H groups in total. The summed E-state index contributed by atoms with van der Waals surface area (Å²) in [6, 6.07) is 10.5. The first-order valence-electron chi connectivity index (χ1n) is 5.83. The highest BCUT2D eigenvalue weighted by Crippen LogP contribution is 2.30. The van der Waals surface area contributed by atoms with Crippen LogP contribution in [-0.4, -0.2) is 15.1 Å². The molecule has 2 aromatic rings. The van der Waals surface area contributed by atoms with E-state index in [9.17, 15) is 4.79 Å². The Kier molecular flexibility index (Phi) is 2.37. The second-order valence-electron chi connectivity index (χ2n) is 4.54. The van der Waals surface area contributed by atoms with E-state index in [4.69, 9.17) is 0 Å². The minimum atomic E-state index is 0.0167. The summed E-state index contributed by atoms with van der Waals surface area (Å²) in [5.74, 6) is 0. The molecule has 1 aliphatic heterocycles. The van der Waals surface area contributed by atoms with Gasteiger partial charge in [0.25, 0.3) is 5.56 Å². The van der Waals surface area contributed by atoms with E-state index < -0.39 is 0 Å². The smallest absolute Gasteiger partial charge is 0.268 e. The molecule has 0 saturated carbocycles. The zero-order valence-electron chi connectivity index (χ0n) is 9.73. The van der Waals surface area contributed by atoms with Gasteiger partial charge in [-0.2, -0.15) is 0 Å². The minimum Gasteiger partial charge on any atom is -0.301 e. The van der Waals surface area contributed by atoms with Gasteiger partial charge in [0.15, 0.2) is 0 Å². The molecule has 0 amide bonds. The number of aromatic nitrogens is 2. The lowest BCUT2D eigenvalue weighted by Gasteiger charge is -2.21. The summed E-state index contributed by atoms with van der Waals surface area (Å²) in [5.41, 5.74) is 3.21. The topological polar surface area (TPSA) is 51.9 Å². The molecule has 0 fully saturated rings. The normalized spacial score (nSPS) is 19.5. The molecule has 0 aliphatic carbocycles. The quantitative estimate of drug-likeness (QED) is 0.824. The zero-order chi connectivity index (χ0) is 11.8. The van der Waals surface area contributed by atoms with Crippen molar-refractivity contribution in [1.82, 2.24) is 15.1 Å². The molecule has 1 aromatic carbocycles. The van der Waals surface area contributed by atoms with Crippen LogP contribution in [0.4, 0.5) is 0 Å². The number of H-pyrrole nitrogens is 2. The van der Waals surface area contributed by atoms with Gasteiger partial charge in [-0.05, 0) is 12.5 Å². The summed E-state index contributed by atoms with van der Waals surface area (Å²) in [7, 11) is 0. The lowest BCUT2D eigenvalue weighted by atomic mass is 10.1. The van der Waals surface area contributed by atoms with Crippen LogP contribution in [0, 0.1) is 0 Å². The highest BCUT2D eigenvalue weighted by Gasteiger charge is 2.30. The van der Waals surface area contributed by atoms with Crippen LogP contribution < -0.4 is 5.56 Å². The Hall–Kier alpha value is -1.81. The largest absolute Gasteiger partial charge is 0.301 e. The van der Waals surface area contributed by atoms with Gasteiger partial charge in [-0.15, -0.1) is 0 Å². The number of fused-ring (bicyclic) bond motifs is 1. The first-order chi connectivity index (χ1) is 8.25. The monoisotopic (exact) mass is 229 g/mol. The van der Waals surface area contributed by atoms with Crippen molar-refractivity contribution < 1.29 is 0 Å². The van der Waals surface area contributed by atoms with Crippen molar-refractivity contribution in [2.24, 2.45) is 0 Å². The summed E-state index contributed by atoms with van der Waals surface area (Å²) in [4.78, 5) is 13.9. The van der Waals surface area contributed by atoms with Crippen molar-refractivity contribution in [2.75, 3.05) is 0 Å². The van der Waals surface area contributed by atoms with E-state index in [-0.39, 0.29) is 11.6 Å². The highest BCUT2D eigenvalue weighted by molar-refractivity contribution is 5.26. The Morgan fingerprint density at radius 3 is 2.76 bits per heavy atom. The summed E-state index contributed by atoms with van der Waals surface area (Å²) in [6.07, 6.45) is 0. The van der Waals surface area contributed by atoms with Crippen LogP contribution in [0.15, 0.2) is 35.1 Å². The van der Waals surface area contributed by atoms with Gasteiger partial charge in [-0.1, -0.05) is 30.3 Å². The Bertz CT molecular complexity index is 570. The number of nitrogens with zero attached hydrogens (tertiary/aromatic N) is 1. The average Bonchev–Trinajstić information content (AvgIpc) is 2.84. The van der Waals surface area contributed by atoms with Crippen molar-refractivity contribution in [1.29, 1.82) is 0 Å². The molecule has 2 heterocycles. The molecule has 0 radical (unpaired) electrons. The molecule has 4 heteroatoms. The summed E-state index contributed by atoms with van der Waals surface area (Å²) in [6.45, 7) is 3.77. The predicted molar refractivity (Wildman–Crippen MR) is 65.5 cm³/mol. The van der Waals surface area contributed by atoms with Gasteiger partial charge < -0.3 is 5.10 Å². The molecule has 0 spiro atoms. The standard InChI is InChI=1S/C13H15N3O/c1-9-12-11(14-15-13(12)17)8-16(9)7-10-5-3-2-4-6-10/h2-6,9H,7-8H2,1H3,(H2,14,15,17). The number of nitrogens with one attached hydrogen (secondary N) is 2. The number of aromatic amines is 2. The van der Waals surface area contributed by atoms with Gasteiger partial charge in [0.1, 0.15) is 0 Å². The maximum Gasteiger partial charge on any atom is 0.268 e. The molecule has 0 bridgehead atoms. The van der Waals surface area contributed by atoms with E-state index in [1.165, 1.54) is 5.56 Å². The van der Waals surface area contributed by atoms with Crippen molar-refractivity contribution in [3.63, 3.8) is 0 Å². The lowest BCUT2D eigenvalue weighted by Crippen LogP contribution is -2.22. The molecule has 1 aromatic heterocycles. The molecular formula is C13H15N3O. The van der Waals surface area contributed by atoms with Gasteiger partial charge >= 0.3 is 0 Å². The van der Waals surface area contributed by atoms with Crippen LogP contribution in [0.3, 0.4) is 0 Å². The molecule has 1 unspecified atom stereocenters. The van der Waals surface area contributed by atoms with Gasteiger partial charge in [0.05, 0.1) is 11.3 Å². The van der Waals surface area contributed by atoms with Crippen molar-refractivity contribution >= 4 is 0 Å². The molecule has 0 saturated heterocycles. The Balaban J connectivity index is 1.83. The number of benzene rings is 1.